The molecule has 0 radical (unpaired) electrons. The normalized spacial score (nSPS) is 19.8. The van der Waals surface area contributed by atoms with Crippen LogP contribution in [0.1, 0.15) is 42.3 Å². The van der Waals surface area contributed by atoms with E-state index in [2.05, 4.69) is 15.1 Å². The van der Waals surface area contributed by atoms with E-state index in [0.29, 0.717) is 17.6 Å². The molecule has 5 nitrogen and oxygen atoms in total. The molecule has 0 aliphatic carbocycles. The van der Waals surface area contributed by atoms with Gasteiger partial charge < -0.3 is 9.26 Å². The Balaban J connectivity index is 1.85. The Hall–Kier alpha value is -1.75. The highest BCUT2D eigenvalue weighted by Crippen LogP contribution is 2.27. The Labute approximate surface area is 118 Å². The molecule has 2 aromatic rings. The third kappa shape index (κ3) is 2.88. The minimum absolute atomic E-state index is 0.310. The predicted molar refractivity (Wildman–Crippen MR) is 74.4 cm³/mol. The molecule has 0 aromatic carbocycles. The summed E-state index contributed by atoms with van der Waals surface area (Å²) in [5.74, 6) is 1.60. The topological polar surface area (TPSA) is 61.0 Å². The fourth-order valence-electron chi connectivity index (χ4n) is 2.61. The van der Waals surface area contributed by atoms with Crippen molar-refractivity contribution in [3.8, 4) is 11.5 Å². The van der Waals surface area contributed by atoms with E-state index in [1.54, 1.807) is 0 Å². The number of aryl methyl sites for hydroxylation is 2. The van der Waals surface area contributed by atoms with Crippen LogP contribution in [-0.2, 0) is 4.74 Å². The maximum atomic E-state index is 5.47. The van der Waals surface area contributed by atoms with E-state index in [9.17, 15) is 0 Å². The molecule has 1 aliphatic rings. The van der Waals surface area contributed by atoms with Gasteiger partial charge in [-0.3, -0.25) is 0 Å². The molecule has 3 rings (SSSR count). The Morgan fingerprint density at radius 2 is 2.00 bits per heavy atom. The molecule has 20 heavy (non-hydrogen) atoms. The van der Waals surface area contributed by atoms with Crippen LogP contribution in [0.4, 0.5) is 0 Å². The van der Waals surface area contributed by atoms with E-state index in [1.807, 2.05) is 26.0 Å². The molecule has 1 unspecified atom stereocenters. The standard InChI is InChI=1S/C15H19N3O2/c1-10-8-11(2)16-13(9-10)14-17-15(20-18-14)12-4-3-6-19-7-5-12/h8-9,12H,3-7H2,1-2H3. The molecule has 0 saturated carbocycles. The molecule has 0 N–H and O–H groups in total. The van der Waals surface area contributed by atoms with Crippen LogP contribution in [0.2, 0.25) is 0 Å². The van der Waals surface area contributed by atoms with Gasteiger partial charge in [-0.25, -0.2) is 4.98 Å². The molecule has 1 fully saturated rings. The molecule has 0 amide bonds. The summed E-state index contributed by atoms with van der Waals surface area (Å²) >= 11 is 0. The quantitative estimate of drug-likeness (QED) is 0.841. The van der Waals surface area contributed by atoms with Crippen molar-refractivity contribution in [2.24, 2.45) is 0 Å². The number of nitrogens with zero attached hydrogens (tertiary/aromatic N) is 3. The number of ether oxygens (including phenoxy) is 1. The van der Waals surface area contributed by atoms with Gasteiger partial charge in [0.25, 0.3) is 0 Å². The number of hydrogen-bond acceptors (Lipinski definition) is 5. The molecule has 5 heteroatoms. The minimum Gasteiger partial charge on any atom is -0.381 e. The summed E-state index contributed by atoms with van der Waals surface area (Å²) in [6.07, 6.45) is 3.04. The average Bonchev–Trinajstić information content (AvgIpc) is 2.74. The van der Waals surface area contributed by atoms with Crippen molar-refractivity contribution in [2.75, 3.05) is 13.2 Å². The van der Waals surface area contributed by atoms with Crippen LogP contribution in [0.25, 0.3) is 11.5 Å². The summed E-state index contributed by atoms with van der Waals surface area (Å²) in [5, 5.41) is 4.09. The number of hydrogen-bond donors (Lipinski definition) is 0. The molecule has 106 valence electrons. The van der Waals surface area contributed by atoms with Crippen molar-refractivity contribution in [3.63, 3.8) is 0 Å². The Kier molecular flexibility index (Phi) is 3.78. The smallest absolute Gasteiger partial charge is 0.230 e. The van der Waals surface area contributed by atoms with Gasteiger partial charge in [0, 0.05) is 24.8 Å². The van der Waals surface area contributed by atoms with Crippen LogP contribution in [0.5, 0.6) is 0 Å². The van der Waals surface area contributed by atoms with Gasteiger partial charge in [-0.05, 0) is 50.8 Å². The Bertz CT molecular complexity index is 566. The molecular weight excluding hydrogens is 254 g/mol. The van der Waals surface area contributed by atoms with Gasteiger partial charge in [0.15, 0.2) is 0 Å². The van der Waals surface area contributed by atoms with Crippen LogP contribution in [0.3, 0.4) is 0 Å². The lowest BCUT2D eigenvalue weighted by atomic mass is 10.0. The first-order valence-electron chi connectivity index (χ1n) is 7.09. The lowest BCUT2D eigenvalue weighted by Crippen LogP contribution is -2.00. The van der Waals surface area contributed by atoms with Crippen LogP contribution in [0.15, 0.2) is 16.7 Å². The first-order valence-corrected chi connectivity index (χ1v) is 7.09. The van der Waals surface area contributed by atoms with Gasteiger partial charge in [0.05, 0.1) is 0 Å². The van der Waals surface area contributed by atoms with Gasteiger partial charge in [0.1, 0.15) is 5.69 Å². The summed E-state index contributed by atoms with van der Waals surface area (Å²) in [6, 6.07) is 4.02. The van der Waals surface area contributed by atoms with Crippen molar-refractivity contribution >= 4 is 0 Å². The first-order chi connectivity index (χ1) is 9.72. The van der Waals surface area contributed by atoms with Crippen molar-refractivity contribution in [1.82, 2.24) is 15.1 Å². The maximum absolute atomic E-state index is 5.47. The highest BCUT2D eigenvalue weighted by atomic mass is 16.5. The molecule has 1 saturated heterocycles. The lowest BCUT2D eigenvalue weighted by molar-refractivity contribution is 0.142. The fraction of sp³-hybridized carbons (Fsp3) is 0.533. The van der Waals surface area contributed by atoms with E-state index in [1.165, 1.54) is 0 Å². The van der Waals surface area contributed by atoms with Gasteiger partial charge >= 0.3 is 0 Å². The zero-order chi connectivity index (χ0) is 13.9. The summed E-state index contributed by atoms with van der Waals surface area (Å²) in [7, 11) is 0. The van der Waals surface area contributed by atoms with E-state index in [-0.39, 0.29) is 0 Å². The van der Waals surface area contributed by atoms with E-state index in [0.717, 1.165) is 49.4 Å². The SMILES string of the molecule is Cc1cc(C)nc(-c2noc(C3CCCOCC3)n2)c1. The van der Waals surface area contributed by atoms with Crippen LogP contribution < -0.4 is 0 Å². The molecule has 2 aromatic heterocycles. The highest BCUT2D eigenvalue weighted by molar-refractivity contribution is 5.50. The molecule has 1 atom stereocenters. The lowest BCUT2D eigenvalue weighted by Gasteiger charge is -2.06. The zero-order valence-electron chi connectivity index (χ0n) is 11.9. The Morgan fingerprint density at radius 3 is 2.85 bits per heavy atom. The second-order valence-electron chi connectivity index (χ2n) is 5.37. The summed E-state index contributed by atoms with van der Waals surface area (Å²) in [6.45, 7) is 5.61. The second-order valence-corrected chi connectivity index (χ2v) is 5.37. The zero-order valence-corrected chi connectivity index (χ0v) is 11.9. The Morgan fingerprint density at radius 1 is 1.10 bits per heavy atom. The molecule has 1 aliphatic heterocycles. The number of pyridine rings is 1. The highest BCUT2D eigenvalue weighted by Gasteiger charge is 2.21. The van der Waals surface area contributed by atoms with Gasteiger partial charge in [-0.1, -0.05) is 5.16 Å². The third-order valence-electron chi connectivity index (χ3n) is 3.57. The van der Waals surface area contributed by atoms with Crippen LogP contribution >= 0.6 is 0 Å². The summed E-state index contributed by atoms with van der Waals surface area (Å²) < 4.78 is 10.9. The number of aromatic nitrogens is 3. The molecule has 0 spiro atoms. The minimum atomic E-state index is 0.310. The molecular formula is C15H19N3O2. The number of rotatable bonds is 2. The van der Waals surface area contributed by atoms with Crippen LogP contribution in [0, 0.1) is 13.8 Å². The maximum Gasteiger partial charge on any atom is 0.230 e. The monoisotopic (exact) mass is 273 g/mol. The predicted octanol–water partition coefficient (Wildman–Crippen LogP) is 3.03. The first kappa shape index (κ1) is 13.2. The largest absolute Gasteiger partial charge is 0.381 e. The van der Waals surface area contributed by atoms with Gasteiger partial charge in [-0.15, -0.1) is 0 Å². The summed E-state index contributed by atoms with van der Waals surface area (Å²) in [4.78, 5) is 9.00. The van der Waals surface area contributed by atoms with E-state index >= 15 is 0 Å². The van der Waals surface area contributed by atoms with Crippen molar-refractivity contribution in [3.05, 3.63) is 29.3 Å². The van der Waals surface area contributed by atoms with Gasteiger partial charge in [-0.2, -0.15) is 4.98 Å². The van der Waals surface area contributed by atoms with E-state index in [4.69, 9.17) is 9.26 Å². The van der Waals surface area contributed by atoms with E-state index < -0.39 is 0 Å². The van der Waals surface area contributed by atoms with Crippen molar-refractivity contribution < 1.29 is 9.26 Å². The van der Waals surface area contributed by atoms with Gasteiger partial charge in [0.2, 0.25) is 11.7 Å². The molecule has 0 bridgehead atoms. The van der Waals surface area contributed by atoms with Crippen molar-refractivity contribution in [2.45, 2.75) is 39.0 Å². The third-order valence-corrected chi connectivity index (χ3v) is 3.57. The van der Waals surface area contributed by atoms with Crippen molar-refractivity contribution in [1.29, 1.82) is 0 Å². The average molecular weight is 273 g/mol. The molecule has 3 heterocycles. The summed E-state index contributed by atoms with van der Waals surface area (Å²) in [5.41, 5.74) is 2.90. The van der Waals surface area contributed by atoms with Crippen LogP contribution in [-0.4, -0.2) is 28.3 Å². The second kappa shape index (κ2) is 5.71. The fourth-order valence-corrected chi connectivity index (χ4v) is 2.61.